The van der Waals surface area contributed by atoms with E-state index in [1.165, 1.54) is 17.4 Å². The first-order valence-electron chi connectivity index (χ1n) is 7.58. The van der Waals surface area contributed by atoms with Gasteiger partial charge in [-0.2, -0.15) is 0 Å². The lowest BCUT2D eigenvalue weighted by Crippen LogP contribution is -2.11. The van der Waals surface area contributed by atoms with Gasteiger partial charge in [0.1, 0.15) is 6.10 Å². The summed E-state index contributed by atoms with van der Waals surface area (Å²) in [7, 11) is 0. The summed E-state index contributed by atoms with van der Waals surface area (Å²) in [6.45, 7) is 3.71. The first-order chi connectivity index (χ1) is 11.0. The van der Waals surface area contributed by atoms with Gasteiger partial charge in [0.05, 0.1) is 11.8 Å². The number of esters is 2. The lowest BCUT2D eigenvalue weighted by atomic mass is 9.98. The van der Waals surface area contributed by atoms with E-state index in [4.69, 9.17) is 14.2 Å². The second-order valence-electron chi connectivity index (χ2n) is 6.17. The van der Waals surface area contributed by atoms with Crippen molar-refractivity contribution in [2.24, 2.45) is 5.92 Å². The number of cyclic esters (lactones) is 1. The maximum Gasteiger partial charge on any atom is 0.338 e. The minimum atomic E-state index is -0.770. The molecule has 2 heterocycles. The molecule has 2 aliphatic heterocycles. The van der Waals surface area contributed by atoms with Crippen LogP contribution in [0.25, 0.3) is 0 Å². The van der Waals surface area contributed by atoms with Crippen LogP contribution in [0.4, 0.5) is 0 Å². The van der Waals surface area contributed by atoms with Gasteiger partial charge in [0.25, 0.3) is 6.29 Å². The molecule has 3 aliphatic rings. The van der Waals surface area contributed by atoms with Crippen LogP contribution in [0.5, 0.6) is 0 Å². The Balaban J connectivity index is 1.56. The van der Waals surface area contributed by atoms with Gasteiger partial charge in [-0.1, -0.05) is 23.8 Å². The van der Waals surface area contributed by atoms with E-state index in [-0.39, 0.29) is 18.0 Å². The number of hydrogen-bond acceptors (Lipinski definition) is 5. The highest BCUT2D eigenvalue weighted by molar-refractivity contribution is 5.92. The van der Waals surface area contributed by atoms with Crippen molar-refractivity contribution < 1.29 is 23.8 Å². The van der Waals surface area contributed by atoms with Gasteiger partial charge >= 0.3 is 11.9 Å². The molecule has 1 aromatic carbocycles. The van der Waals surface area contributed by atoms with Crippen LogP contribution in [0.3, 0.4) is 0 Å². The zero-order chi connectivity index (χ0) is 16.1. The van der Waals surface area contributed by atoms with Gasteiger partial charge in [0, 0.05) is 17.6 Å². The highest BCUT2D eigenvalue weighted by atomic mass is 16.7. The number of ether oxygens (including phenoxy) is 3. The number of hydrogen-bond donors (Lipinski definition) is 0. The fraction of sp³-hybridized carbons (Fsp3) is 0.333. The van der Waals surface area contributed by atoms with Crippen molar-refractivity contribution in [3.05, 3.63) is 58.4 Å². The van der Waals surface area contributed by atoms with E-state index >= 15 is 0 Å². The number of carbonyl (C=O) groups is 2. The van der Waals surface area contributed by atoms with Gasteiger partial charge in [-0.05, 0) is 31.4 Å². The average molecular weight is 312 g/mol. The van der Waals surface area contributed by atoms with Gasteiger partial charge in [-0.25, -0.2) is 9.59 Å². The van der Waals surface area contributed by atoms with Crippen molar-refractivity contribution in [3.8, 4) is 0 Å². The lowest BCUT2D eigenvalue weighted by Gasteiger charge is -2.09. The van der Waals surface area contributed by atoms with E-state index in [9.17, 15) is 9.59 Å². The standard InChI is InChI=1S/C18H16O5/c1-9-3-4-12-11(5-9)7-13-14(18(20)23-16(12)13)8-21-15-6-10(2)17(19)22-15/h3-6,8,13,15-16H,7H2,1-2H3/b14-8+/t13-,15-,16-/m1/s1. The molecule has 0 saturated carbocycles. The number of carbonyl (C=O) groups excluding carboxylic acids is 2. The Morgan fingerprint density at radius 2 is 2.00 bits per heavy atom. The molecule has 5 heteroatoms. The Hall–Kier alpha value is -2.56. The molecule has 1 aliphatic carbocycles. The van der Waals surface area contributed by atoms with Gasteiger partial charge in [0.15, 0.2) is 0 Å². The fourth-order valence-corrected chi connectivity index (χ4v) is 3.35. The van der Waals surface area contributed by atoms with E-state index in [1.807, 2.05) is 19.1 Å². The summed E-state index contributed by atoms with van der Waals surface area (Å²) >= 11 is 0. The lowest BCUT2D eigenvalue weighted by molar-refractivity contribution is -0.152. The highest BCUT2D eigenvalue weighted by Gasteiger charge is 2.46. The molecule has 5 nitrogen and oxygen atoms in total. The maximum absolute atomic E-state index is 12.1. The maximum atomic E-state index is 12.1. The van der Waals surface area contributed by atoms with Crippen LogP contribution in [-0.2, 0) is 30.2 Å². The number of aryl methyl sites for hydroxylation is 1. The SMILES string of the molecule is CC1=C[C@H](O/C=C2/C(=O)O[C@@H]3c4ccc(C)cc4C[C@H]23)OC1=O. The van der Waals surface area contributed by atoms with E-state index in [1.54, 1.807) is 13.0 Å². The van der Waals surface area contributed by atoms with Crippen LogP contribution in [0.1, 0.15) is 29.7 Å². The van der Waals surface area contributed by atoms with Gasteiger partial charge in [0.2, 0.25) is 0 Å². The smallest absolute Gasteiger partial charge is 0.338 e. The van der Waals surface area contributed by atoms with Crippen molar-refractivity contribution >= 4 is 11.9 Å². The third-order valence-electron chi connectivity index (χ3n) is 4.54. The molecule has 1 fully saturated rings. The Bertz CT molecular complexity index is 774. The molecule has 23 heavy (non-hydrogen) atoms. The molecule has 0 bridgehead atoms. The van der Waals surface area contributed by atoms with Crippen LogP contribution in [0.15, 0.2) is 41.7 Å². The minimum Gasteiger partial charge on any atom is -0.458 e. The van der Waals surface area contributed by atoms with Crippen molar-refractivity contribution in [3.63, 3.8) is 0 Å². The molecule has 3 atom stereocenters. The average Bonchev–Trinajstić information content (AvgIpc) is 3.09. The van der Waals surface area contributed by atoms with E-state index in [0.717, 1.165) is 12.0 Å². The number of rotatable bonds is 2. The molecule has 0 N–H and O–H groups in total. The molecule has 4 rings (SSSR count). The quantitative estimate of drug-likeness (QED) is 0.477. The predicted molar refractivity (Wildman–Crippen MR) is 80.0 cm³/mol. The Morgan fingerprint density at radius 3 is 2.74 bits per heavy atom. The van der Waals surface area contributed by atoms with Crippen molar-refractivity contribution in [2.45, 2.75) is 32.7 Å². The zero-order valence-corrected chi connectivity index (χ0v) is 12.9. The van der Waals surface area contributed by atoms with Gasteiger partial charge < -0.3 is 14.2 Å². The minimum absolute atomic E-state index is 0.0403. The van der Waals surface area contributed by atoms with Gasteiger partial charge in [-0.3, -0.25) is 0 Å². The predicted octanol–water partition coefficient (Wildman–Crippen LogP) is 2.49. The molecule has 0 aromatic heterocycles. The van der Waals surface area contributed by atoms with Crippen molar-refractivity contribution in [1.29, 1.82) is 0 Å². The molecule has 0 radical (unpaired) electrons. The molecular weight excluding hydrogens is 296 g/mol. The normalized spacial score (nSPS) is 29.9. The van der Waals surface area contributed by atoms with E-state index in [0.29, 0.717) is 11.1 Å². The summed E-state index contributed by atoms with van der Waals surface area (Å²) < 4.78 is 16.0. The van der Waals surface area contributed by atoms with Crippen molar-refractivity contribution in [1.82, 2.24) is 0 Å². The topological polar surface area (TPSA) is 61.8 Å². The third-order valence-corrected chi connectivity index (χ3v) is 4.54. The van der Waals surface area contributed by atoms with Crippen LogP contribution >= 0.6 is 0 Å². The monoisotopic (exact) mass is 312 g/mol. The fourth-order valence-electron chi connectivity index (χ4n) is 3.35. The second-order valence-corrected chi connectivity index (χ2v) is 6.17. The van der Waals surface area contributed by atoms with Crippen LogP contribution in [0.2, 0.25) is 0 Å². The summed E-state index contributed by atoms with van der Waals surface area (Å²) in [5, 5.41) is 0. The largest absolute Gasteiger partial charge is 0.458 e. The summed E-state index contributed by atoms with van der Waals surface area (Å²) in [5.41, 5.74) is 4.47. The van der Waals surface area contributed by atoms with Gasteiger partial charge in [-0.15, -0.1) is 0 Å². The molecule has 1 aromatic rings. The molecular formula is C18H16O5. The van der Waals surface area contributed by atoms with E-state index in [2.05, 4.69) is 6.07 Å². The third kappa shape index (κ3) is 2.23. The molecule has 1 saturated heterocycles. The Labute approximate surface area is 133 Å². The summed E-state index contributed by atoms with van der Waals surface area (Å²) in [4.78, 5) is 23.4. The van der Waals surface area contributed by atoms with E-state index < -0.39 is 12.3 Å². The summed E-state index contributed by atoms with van der Waals surface area (Å²) in [6.07, 6.45) is 2.72. The molecule has 0 unspecified atom stereocenters. The Morgan fingerprint density at radius 1 is 1.17 bits per heavy atom. The second kappa shape index (κ2) is 4.98. The first-order valence-corrected chi connectivity index (χ1v) is 7.58. The highest BCUT2D eigenvalue weighted by Crippen LogP contribution is 2.48. The summed E-state index contributed by atoms with van der Waals surface area (Å²) in [5.74, 6) is -0.804. The zero-order valence-electron chi connectivity index (χ0n) is 12.9. The van der Waals surface area contributed by atoms with Crippen LogP contribution in [-0.4, -0.2) is 18.2 Å². The van der Waals surface area contributed by atoms with Crippen molar-refractivity contribution in [2.75, 3.05) is 0 Å². The summed E-state index contributed by atoms with van der Waals surface area (Å²) in [6, 6.07) is 6.18. The molecule has 0 spiro atoms. The number of benzene rings is 1. The molecule has 118 valence electrons. The first kappa shape index (κ1) is 14.1. The van der Waals surface area contributed by atoms with Crippen LogP contribution in [0, 0.1) is 12.8 Å². The Kier molecular flexibility index (Phi) is 3.04. The van der Waals surface area contributed by atoms with Crippen LogP contribution < -0.4 is 0 Å². The molecule has 0 amide bonds. The number of fused-ring (bicyclic) bond motifs is 3.